The van der Waals surface area contributed by atoms with Gasteiger partial charge in [0.05, 0.1) is 33.1 Å². The van der Waals surface area contributed by atoms with E-state index >= 15 is 0 Å². The Balaban J connectivity index is 1.72. The number of rotatable bonds is 10. The van der Waals surface area contributed by atoms with Gasteiger partial charge in [-0.25, -0.2) is 4.98 Å². The number of nitro groups is 1. The van der Waals surface area contributed by atoms with Gasteiger partial charge in [0.2, 0.25) is 0 Å². The Labute approximate surface area is 255 Å². The van der Waals surface area contributed by atoms with Gasteiger partial charge in [0.1, 0.15) is 12.4 Å². The van der Waals surface area contributed by atoms with Crippen LogP contribution in [0.2, 0.25) is 0 Å². The molecule has 0 aliphatic heterocycles. The first-order valence-corrected chi connectivity index (χ1v) is 14.8. The lowest BCUT2D eigenvalue weighted by Gasteiger charge is -2.17. The summed E-state index contributed by atoms with van der Waals surface area (Å²) < 4.78 is 15.3. The number of fused-ring (bicyclic) bond motifs is 1. The molecule has 0 saturated carbocycles. The summed E-state index contributed by atoms with van der Waals surface area (Å²) in [5, 5.41) is 16.0. The van der Waals surface area contributed by atoms with Gasteiger partial charge in [-0.15, -0.1) is 0 Å². The van der Waals surface area contributed by atoms with Gasteiger partial charge in [0, 0.05) is 32.6 Å². The molecular formula is C28H25Br3N4O5. The molecule has 0 radical (unpaired) electrons. The second kappa shape index (κ2) is 13.0. The molecule has 4 aromatic rings. The summed E-state index contributed by atoms with van der Waals surface area (Å²) in [6.45, 7) is 6.46. The molecule has 0 N–H and O–H groups in total. The van der Waals surface area contributed by atoms with Gasteiger partial charge in [-0.3, -0.25) is 14.9 Å². The molecule has 4 rings (SSSR count). The molecule has 12 heteroatoms. The van der Waals surface area contributed by atoms with Crippen molar-refractivity contribution in [1.29, 1.82) is 0 Å². The lowest BCUT2D eigenvalue weighted by molar-refractivity contribution is -0.384. The van der Waals surface area contributed by atoms with Crippen molar-refractivity contribution >= 4 is 70.6 Å². The number of benzene rings is 3. The number of halogens is 3. The predicted molar refractivity (Wildman–Crippen MR) is 166 cm³/mol. The molecule has 208 valence electrons. The summed E-state index contributed by atoms with van der Waals surface area (Å²) in [6, 6.07) is 13.3. The standard InChI is InChI=1S/C28H25Br3N4O5/c1-4-16(3)27-33-22-11-8-19(29)13-21(22)28(36)34(27)32-14-18-12-23(39-5-2)26(25(31)24(18)30)40-15-17-6-9-20(10-7-17)35(37)38/h6-14,16H,4-5,15H2,1-3H3/t16-/m1/s1. The van der Waals surface area contributed by atoms with Crippen LogP contribution in [0.5, 0.6) is 11.5 Å². The van der Waals surface area contributed by atoms with E-state index in [9.17, 15) is 14.9 Å². The highest BCUT2D eigenvalue weighted by Crippen LogP contribution is 2.43. The van der Waals surface area contributed by atoms with Crippen molar-refractivity contribution in [2.75, 3.05) is 6.61 Å². The van der Waals surface area contributed by atoms with Crippen LogP contribution >= 0.6 is 47.8 Å². The van der Waals surface area contributed by atoms with Crippen molar-refractivity contribution < 1.29 is 14.4 Å². The van der Waals surface area contributed by atoms with Crippen molar-refractivity contribution in [3.05, 3.63) is 99.4 Å². The van der Waals surface area contributed by atoms with Crippen molar-refractivity contribution in [2.24, 2.45) is 5.10 Å². The van der Waals surface area contributed by atoms with E-state index in [1.165, 1.54) is 16.8 Å². The molecule has 0 spiro atoms. The van der Waals surface area contributed by atoms with E-state index in [1.807, 2.05) is 32.9 Å². The van der Waals surface area contributed by atoms with Crippen molar-refractivity contribution in [3.63, 3.8) is 0 Å². The summed E-state index contributed by atoms with van der Waals surface area (Å²) in [5.74, 6) is 1.50. The molecule has 0 unspecified atom stereocenters. The normalized spacial score (nSPS) is 12.2. The number of aromatic nitrogens is 2. The van der Waals surface area contributed by atoms with E-state index in [1.54, 1.807) is 30.5 Å². The van der Waals surface area contributed by atoms with Gasteiger partial charge in [-0.2, -0.15) is 9.78 Å². The zero-order chi connectivity index (χ0) is 29.0. The monoisotopic (exact) mass is 734 g/mol. The summed E-state index contributed by atoms with van der Waals surface area (Å²) in [7, 11) is 0. The zero-order valence-electron chi connectivity index (χ0n) is 21.9. The van der Waals surface area contributed by atoms with Crippen molar-refractivity contribution in [2.45, 2.75) is 39.7 Å². The molecule has 3 aromatic carbocycles. The Bertz CT molecular complexity index is 1660. The molecule has 40 heavy (non-hydrogen) atoms. The third-order valence-corrected chi connectivity index (χ3v) is 8.82. The van der Waals surface area contributed by atoms with E-state index in [0.29, 0.717) is 49.3 Å². The molecule has 0 fully saturated rings. The van der Waals surface area contributed by atoms with E-state index in [0.717, 1.165) is 16.5 Å². The van der Waals surface area contributed by atoms with Crippen LogP contribution in [0, 0.1) is 10.1 Å². The van der Waals surface area contributed by atoms with E-state index in [-0.39, 0.29) is 23.8 Å². The Kier molecular flexibility index (Phi) is 9.75. The molecule has 9 nitrogen and oxygen atoms in total. The number of non-ortho nitro benzene ring substituents is 1. The SMILES string of the molecule is CCOc1cc(C=Nn2c([C@H](C)CC)nc3ccc(Br)cc3c2=O)c(Br)c(Br)c1OCc1ccc([N+](=O)[O-])cc1. The third kappa shape index (κ3) is 6.45. The minimum Gasteiger partial charge on any atom is -0.490 e. The van der Waals surface area contributed by atoms with Gasteiger partial charge >= 0.3 is 0 Å². The molecule has 1 heterocycles. The fourth-order valence-electron chi connectivity index (χ4n) is 3.86. The highest BCUT2D eigenvalue weighted by atomic mass is 79.9. The molecule has 0 saturated heterocycles. The van der Waals surface area contributed by atoms with Gasteiger partial charge < -0.3 is 9.47 Å². The first kappa shape index (κ1) is 29.9. The smallest absolute Gasteiger partial charge is 0.282 e. The van der Waals surface area contributed by atoms with E-state index < -0.39 is 4.92 Å². The molecular weight excluding hydrogens is 712 g/mol. The second-order valence-electron chi connectivity index (χ2n) is 8.87. The molecule has 1 atom stereocenters. The predicted octanol–water partition coefficient (Wildman–Crippen LogP) is 7.97. The van der Waals surface area contributed by atoms with E-state index in [2.05, 4.69) is 52.9 Å². The number of hydrogen-bond acceptors (Lipinski definition) is 7. The topological polar surface area (TPSA) is 109 Å². The average Bonchev–Trinajstić information content (AvgIpc) is 2.94. The fraction of sp³-hybridized carbons (Fsp3) is 0.250. The van der Waals surface area contributed by atoms with Crippen LogP contribution in [0.4, 0.5) is 5.69 Å². The van der Waals surface area contributed by atoms with E-state index in [4.69, 9.17) is 14.5 Å². The molecule has 0 aliphatic rings. The Morgan fingerprint density at radius 2 is 1.80 bits per heavy atom. The van der Waals surface area contributed by atoms with Crippen molar-refractivity contribution in [1.82, 2.24) is 9.66 Å². The van der Waals surface area contributed by atoms with Crippen molar-refractivity contribution in [3.8, 4) is 11.5 Å². The molecule has 1 aromatic heterocycles. The summed E-state index contributed by atoms with van der Waals surface area (Å²) in [6.07, 6.45) is 2.37. The first-order chi connectivity index (χ1) is 19.1. The minimum absolute atomic E-state index is 0.00209. The Morgan fingerprint density at radius 1 is 1.07 bits per heavy atom. The fourth-order valence-corrected chi connectivity index (χ4v) is 5.16. The number of nitrogens with zero attached hydrogens (tertiary/aromatic N) is 4. The Morgan fingerprint density at radius 3 is 2.45 bits per heavy atom. The third-order valence-electron chi connectivity index (χ3n) is 6.18. The van der Waals surface area contributed by atoms with Gasteiger partial charge in [-0.05, 0) is 87.2 Å². The summed E-state index contributed by atoms with van der Waals surface area (Å²) in [5.41, 5.74) is 1.77. The number of nitro benzene ring substituents is 1. The maximum Gasteiger partial charge on any atom is 0.282 e. The molecule has 0 amide bonds. The largest absolute Gasteiger partial charge is 0.490 e. The van der Waals surface area contributed by atoms with Gasteiger partial charge in [0.25, 0.3) is 11.2 Å². The number of ether oxygens (including phenoxy) is 2. The molecule has 0 aliphatic carbocycles. The van der Waals surface area contributed by atoms with Crippen LogP contribution < -0.4 is 15.0 Å². The number of hydrogen-bond donors (Lipinski definition) is 0. The summed E-state index contributed by atoms with van der Waals surface area (Å²) >= 11 is 10.6. The quantitative estimate of drug-likeness (QED) is 0.0929. The second-order valence-corrected chi connectivity index (χ2v) is 11.4. The first-order valence-electron chi connectivity index (χ1n) is 12.4. The summed E-state index contributed by atoms with van der Waals surface area (Å²) in [4.78, 5) is 28.7. The molecule has 0 bridgehead atoms. The average molecular weight is 737 g/mol. The Hall–Kier alpha value is -3.09. The van der Waals surface area contributed by atoms with Crippen LogP contribution in [0.1, 0.15) is 50.1 Å². The van der Waals surface area contributed by atoms with Crippen LogP contribution in [0.3, 0.4) is 0 Å². The lowest BCUT2D eigenvalue weighted by atomic mass is 10.1. The van der Waals surface area contributed by atoms with Crippen LogP contribution in [-0.2, 0) is 6.61 Å². The van der Waals surface area contributed by atoms with Gasteiger partial charge in [-0.1, -0.05) is 29.8 Å². The van der Waals surface area contributed by atoms with Crippen LogP contribution in [-0.4, -0.2) is 27.4 Å². The minimum atomic E-state index is -0.446. The van der Waals surface area contributed by atoms with Gasteiger partial charge in [0.15, 0.2) is 11.5 Å². The lowest BCUT2D eigenvalue weighted by Crippen LogP contribution is -2.23. The highest BCUT2D eigenvalue weighted by molar-refractivity contribution is 9.13. The zero-order valence-corrected chi connectivity index (χ0v) is 26.6. The maximum absolute atomic E-state index is 13.5. The van der Waals surface area contributed by atoms with Crippen LogP contribution in [0.25, 0.3) is 10.9 Å². The van der Waals surface area contributed by atoms with Crippen LogP contribution in [0.15, 0.2) is 71.8 Å². The highest BCUT2D eigenvalue weighted by Gasteiger charge is 2.19. The maximum atomic E-state index is 13.5.